The van der Waals surface area contributed by atoms with Crippen molar-refractivity contribution in [2.45, 2.75) is 56.7 Å². The van der Waals surface area contributed by atoms with Crippen LogP contribution in [-0.2, 0) is 0 Å². The molecule has 3 nitrogen and oxygen atoms in total. The SMILES string of the molecule is CNC1CCCCCC1N1CCC(N(C)C)C1. The predicted octanol–water partition coefficient (Wildman–Crippen LogP) is 1.54. The van der Waals surface area contributed by atoms with Crippen LogP contribution in [0, 0.1) is 0 Å². The maximum atomic E-state index is 3.56. The smallest absolute Gasteiger partial charge is 0.0249 e. The van der Waals surface area contributed by atoms with Crippen LogP contribution in [0.2, 0.25) is 0 Å². The molecule has 0 aromatic heterocycles. The molecular weight excluding hydrogens is 210 g/mol. The molecule has 0 aromatic rings. The van der Waals surface area contributed by atoms with Crippen LogP contribution in [-0.4, -0.2) is 62.2 Å². The van der Waals surface area contributed by atoms with Gasteiger partial charge in [0.2, 0.25) is 0 Å². The Morgan fingerprint density at radius 3 is 2.47 bits per heavy atom. The Bertz CT molecular complexity index is 230. The number of hydrogen-bond acceptors (Lipinski definition) is 3. The first-order valence-corrected chi connectivity index (χ1v) is 7.30. The minimum Gasteiger partial charge on any atom is -0.315 e. The summed E-state index contributed by atoms with van der Waals surface area (Å²) in [4.78, 5) is 5.14. The van der Waals surface area contributed by atoms with E-state index in [9.17, 15) is 0 Å². The molecule has 3 unspecified atom stereocenters. The van der Waals surface area contributed by atoms with E-state index in [0.29, 0.717) is 0 Å². The van der Waals surface area contributed by atoms with Gasteiger partial charge in [0.05, 0.1) is 0 Å². The van der Waals surface area contributed by atoms with Crippen molar-refractivity contribution in [3.8, 4) is 0 Å². The number of hydrogen-bond donors (Lipinski definition) is 1. The zero-order valence-corrected chi connectivity index (χ0v) is 11.8. The van der Waals surface area contributed by atoms with E-state index >= 15 is 0 Å². The lowest BCUT2D eigenvalue weighted by atomic mass is 10.0. The summed E-state index contributed by atoms with van der Waals surface area (Å²) in [6.07, 6.45) is 8.37. The summed E-state index contributed by atoms with van der Waals surface area (Å²) in [6.45, 7) is 2.57. The molecule has 2 rings (SSSR count). The summed E-state index contributed by atoms with van der Waals surface area (Å²) in [7, 11) is 6.58. The minimum atomic E-state index is 0.721. The Balaban J connectivity index is 1.95. The molecule has 0 amide bonds. The van der Waals surface area contributed by atoms with Crippen molar-refractivity contribution in [2.24, 2.45) is 0 Å². The number of likely N-dealkylation sites (N-methyl/N-ethyl adjacent to an activating group) is 2. The summed E-state index contributed by atoms with van der Waals surface area (Å²) in [6, 6.07) is 2.28. The monoisotopic (exact) mass is 239 g/mol. The lowest BCUT2D eigenvalue weighted by molar-refractivity contribution is 0.171. The average molecular weight is 239 g/mol. The van der Waals surface area contributed by atoms with Crippen molar-refractivity contribution in [2.75, 3.05) is 34.2 Å². The molecule has 0 radical (unpaired) electrons. The Morgan fingerprint density at radius 2 is 1.82 bits per heavy atom. The van der Waals surface area contributed by atoms with Gasteiger partial charge >= 0.3 is 0 Å². The van der Waals surface area contributed by atoms with E-state index in [0.717, 1.165) is 18.1 Å². The number of rotatable bonds is 3. The molecule has 0 spiro atoms. The van der Waals surface area contributed by atoms with E-state index in [2.05, 4.69) is 36.3 Å². The van der Waals surface area contributed by atoms with Gasteiger partial charge in [-0.1, -0.05) is 19.3 Å². The Kier molecular flexibility index (Phi) is 4.83. The van der Waals surface area contributed by atoms with E-state index in [1.807, 2.05) is 0 Å². The quantitative estimate of drug-likeness (QED) is 0.754. The zero-order valence-electron chi connectivity index (χ0n) is 11.8. The van der Waals surface area contributed by atoms with E-state index in [4.69, 9.17) is 0 Å². The highest BCUT2D eigenvalue weighted by molar-refractivity contribution is 4.91. The highest BCUT2D eigenvalue weighted by atomic mass is 15.3. The van der Waals surface area contributed by atoms with Crippen LogP contribution < -0.4 is 5.32 Å². The van der Waals surface area contributed by atoms with Gasteiger partial charge in [-0.25, -0.2) is 0 Å². The van der Waals surface area contributed by atoms with Crippen molar-refractivity contribution in [3.63, 3.8) is 0 Å². The van der Waals surface area contributed by atoms with Gasteiger partial charge in [0.15, 0.2) is 0 Å². The summed E-state index contributed by atoms with van der Waals surface area (Å²) in [5.74, 6) is 0. The fourth-order valence-corrected chi connectivity index (χ4v) is 3.55. The van der Waals surface area contributed by atoms with Crippen molar-refractivity contribution in [3.05, 3.63) is 0 Å². The molecule has 1 aliphatic carbocycles. The lowest BCUT2D eigenvalue weighted by Crippen LogP contribution is -2.48. The van der Waals surface area contributed by atoms with Crippen LogP contribution in [0.3, 0.4) is 0 Å². The fourth-order valence-electron chi connectivity index (χ4n) is 3.55. The molecule has 2 fully saturated rings. The Labute approximate surface area is 107 Å². The van der Waals surface area contributed by atoms with E-state index in [1.165, 1.54) is 51.6 Å². The lowest BCUT2D eigenvalue weighted by Gasteiger charge is -2.33. The minimum absolute atomic E-state index is 0.721. The van der Waals surface area contributed by atoms with Gasteiger partial charge in [-0.3, -0.25) is 4.90 Å². The summed E-state index contributed by atoms with van der Waals surface area (Å²) in [5, 5.41) is 3.56. The van der Waals surface area contributed by atoms with Gasteiger partial charge in [0.25, 0.3) is 0 Å². The van der Waals surface area contributed by atoms with Crippen LogP contribution in [0.15, 0.2) is 0 Å². The van der Waals surface area contributed by atoms with Gasteiger partial charge in [-0.2, -0.15) is 0 Å². The van der Waals surface area contributed by atoms with Gasteiger partial charge < -0.3 is 10.2 Å². The molecule has 2 aliphatic rings. The highest BCUT2D eigenvalue weighted by Crippen LogP contribution is 2.26. The second kappa shape index (κ2) is 6.17. The fraction of sp³-hybridized carbons (Fsp3) is 1.00. The highest BCUT2D eigenvalue weighted by Gasteiger charge is 2.33. The maximum Gasteiger partial charge on any atom is 0.0249 e. The van der Waals surface area contributed by atoms with E-state index < -0.39 is 0 Å². The molecule has 1 saturated heterocycles. The van der Waals surface area contributed by atoms with Crippen LogP contribution in [0.1, 0.15) is 38.5 Å². The summed E-state index contributed by atoms with van der Waals surface area (Å²) >= 11 is 0. The molecule has 0 bridgehead atoms. The molecular formula is C14H29N3. The molecule has 0 aromatic carbocycles. The van der Waals surface area contributed by atoms with Gasteiger partial charge in [-0.15, -0.1) is 0 Å². The maximum absolute atomic E-state index is 3.56. The molecule has 1 heterocycles. The largest absolute Gasteiger partial charge is 0.315 e. The van der Waals surface area contributed by atoms with Crippen molar-refractivity contribution >= 4 is 0 Å². The third-order valence-corrected chi connectivity index (χ3v) is 4.74. The topological polar surface area (TPSA) is 18.5 Å². The third kappa shape index (κ3) is 3.21. The Morgan fingerprint density at radius 1 is 1.06 bits per heavy atom. The normalized spacial score (nSPS) is 36.4. The van der Waals surface area contributed by atoms with Crippen molar-refractivity contribution < 1.29 is 0 Å². The van der Waals surface area contributed by atoms with E-state index in [-0.39, 0.29) is 0 Å². The summed E-state index contributed by atoms with van der Waals surface area (Å²) in [5.41, 5.74) is 0. The van der Waals surface area contributed by atoms with Crippen molar-refractivity contribution in [1.29, 1.82) is 0 Å². The average Bonchev–Trinajstić information content (AvgIpc) is 2.68. The molecule has 17 heavy (non-hydrogen) atoms. The number of nitrogens with zero attached hydrogens (tertiary/aromatic N) is 2. The predicted molar refractivity (Wildman–Crippen MR) is 73.4 cm³/mol. The first kappa shape index (κ1) is 13.3. The molecule has 3 atom stereocenters. The standard InChI is InChI=1S/C14H29N3/c1-15-13-7-5-4-6-8-14(13)17-10-9-12(11-17)16(2)3/h12-15H,4-11H2,1-3H3. The molecule has 1 N–H and O–H groups in total. The van der Waals surface area contributed by atoms with Crippen LogP contribution in [0.4, 0.5) is 0 Å². The van der Waals surface area contributed by atoms with Crippen LogP contribution in [0.25, 0.3) is 0 Å². The van der Waals surface area contributed by atoms with Crippen LogP contribution in [0.5, 0.6) is 0 Å². The molecule has 1 saturated carbocycles. The second-order valence-corrected chi connectivity index (χ2v) is 6.00. The molecule has 3 heteroatoms. The number of likely N-dealkylation sites (tertiary alicyclic amines) is 1. The van der Waals surface area contributed by atoms with Gasteiger partial charge in [0.1, 0.15) is 0 Å². The molecule has 1 aliphatic heterocycles. The van der Waals surface area contributed by atoms with Gasteiger partial charge in [0, 0.05) is 31.2 Å². The first-order chi connectivity index (χ1) is 8.22. The van der Waals surface area contributed by atoms with E-state index in [1.54, 1.807) is 0 Å². The first-order valence-electron chi connectivity index (χ1n) is 7.30. The van der Waals surface area contributed by atoms with Crippen LogP contribution >= 0.6 is 0 Å². The third-order valence-electron chi connectivity index (χ3n) is 4.74. The summed E-state index contributed by atoms with van der Waals surface area (Å²) < 4.78 is 0. The zero-order chi connectivity index (χ0) is 12.3. The van der Waals surface area contributed by atoms with Gasteiger partial charge in [-0.05, 0) is 40.4 Å². The number of nitrogens with one attached hydrogen (secondary N) is 1. The molecule has 100 valence electrons. The second-order valence-electron chi connectivity index (χ2n) is 6.00. The van der Waals surface area contributed by atoms with Crippen molar-refractivity contribution in [1.82, 2.24) is 15.1 Å². The Hall–Kier alpha value is -0.120.